The Kier molecular flexibility index (Phi) is 4.13. The molecule has 20 heavy (non-hydrogen) atoms. The zero-order valence-corrected chi connectivity index (χ0v) is 13.1. The van der Waals surface area contributed by atoms with Crippen LogP contribution in [0.1, 0.15) is 44.7 Å². The van der Waals surface area contributed by atoms with Crippen LogP contribution in [0.15, 0.2) is 24.3 Å². The molecule has 2 aliphatic rings. The van der Waals surface area contributed by atoms with Gasteiger partial charge in [-0.25, -0.2) is 0 Å². The number of likely N-dealkylation sites (N-methyl/N-ethyl adjacent to an activating group) is 1. The number of fused-ring (bicyclic) bond motifs is 1. The molecule has 0 saturated heterocycles. The van der Waals surface area contributed by atoms with Gasteiger partial charge < -0.3 is 5.32 Å². The first kappa shape index (κ1) is 14.1. The van der Waals surface area contributed by atoms with E-state index < -0.39 is 0 Å². The van der Waals surface area contributed by atoms with Crippen molar-refractivity contribution in [2.45, 2.75) is 58.8 Å². The van der Waals surface area contributed by atoms with Crippen molar-refractivity contribution in [2.24, 2.45) is 11.8 Å². The number of hydrogen-bond donors (Lipinski definition) is 1. The Labute approximate surface area is 123 Å². The van der Waals surface area contributed by atoms with E-state index in [4.69, 9.17) is 0 Å². The maximum Gasteiger partial charge on any atom is 0.0282 e. The summed E-state index contributed by atoms with van der Waals surface area (Å²) < 4.78 is 0. The molecule has 0 bridgehead atoms. The molecule has 4 atom stereocenters. The summed E-state index contributed by atoms with van der Waals surface area (Å²) in [6.07, 6.45) is 2.70. The van der Waals surface area contributed by atoms with Crippen LogP contribution in [0.5, 0.6) is 0 Å². The van der Waals surface area contributed by atoms with Gasteiger partial charge in [0.2, 0.25) is 0 Å². The highest BCUT2D eigenvalue weighted by Gasteiger charge is 2.39. The fraction of sp³-hybridized carbons (Fsp3) is 0.667. The van der Waals surface area contributed by atoms with Crippen LogP contribution in [-0.4, -0.2) is 23.5 Å². The van der Waals surface area contributed by atoms with E-state index in [-0.39, 0.29) is 0 Å². The van der Waals surface area contributed by atoms with E-state index in [0.29, 0.717) is 12.1 Å². The van der Waals surface area contributed by atoms with Crippen molar-refractivity contribution in [2.75, 3.05) is 6.54 Å². The van der Waals surface area contributed by atoms with E-state index in [1.807, 2.05) is 0 Å². The van der Waals surface area contributed by atoms with Crippen LogP contribution in [0.4, 0.5) is 0 Å². The number of nitrogens with zero attached hydrogens (tertiary/aromatic N) is 1. The van der Waals surface area contributed by atoms with Gasteiger partial charge in [-0.3, -0.25) is 4.90 Å². The molecule has 0 amide bonds. The van der Waals surface area contributed by atoms with E-state index >= 15 is 0 Å². The lowest BCUT2D eigenvalue weighted by Crippen LogP contribution is -2.55. The molecule has 2 heteroatoms. The summed E-state index contributed by atoms with van der Waals surface area (Å²) in [5.74, 6) is 1.65. The number of rotatable bonds is 3. The van der Waals surface area contributed by atoms with Gasteiger partial charge in [0.05, 0.1) is 0 Å². The quantitative estimate of drug-likeness (QED) is 0.907. The van der Waals surface area contributed by atoms with Crippen LogP contribution < -0.4 is 5.32 Å². The van der Waals surface area contributed by atoms with E-state index in [1.54, 1.807) is 0 Å². The van der Waals surface area contributed by atoms with Gasteiger partial charge >= 0.3 is 0 Å². The van der Waals surface area contributed by atoms with Crippen LogP contribution in [0, 0.1) is 11.8 Å². The van der Waals surface area contributed by atoms with Crippen molar-refractivity contribution in [3.8, 4) is 0 Å². The molecule has 1 aliphatic heterocycles. The summed E-state index contributed by atoms with van der Waals surface area (Å²) in [5, 5.41) is 3.76. The second kappa shape index (κ2) is 5.87. The van der Waals surface area contributed by atoms with Crippen LogP contribution >= 0.6 is 0 Å². The molecule has 3 rings (SSSR count). The van der Waals surface area contributed by atoms with Gasteiger partial charge in [0, 0.05) is 25.2 Å². The van der Waals surface area contributed by atoms with Gasteiger partial charge in [-0.05, 0) is 42.3 Å². The Morgan fingerprint density at radius 1 is 1.10 bits per heavy atom. The van der Waals surface area contributed by atoms with Crippen molar-refractivity contribution >= 4 is 0 Å². The van der Waals surface area contributed by atoms with Crippen molar-refractivity contribution in [3.05, 3.63) is 35.4 Å². The molecule has 0 radical (unpaired) electrons. The minimum atomic E-state index is 0.660. The molecular weight excluding hydrogens is 244 g/mol. The highest BCUT2D eigenvalue weighted by molar-refractivity contribution is 5.30. The third kappa shape index (κ3) is 2.64. The van der Waals surface area contributed by atoms with Gasteiger partial charge in [0.1, 0.15) is 0 Å². The van der Waals surface area contributed by atoms with Crippen molar-refractivity contribution in [1.29, 1.82) is 0 Å². The predicted molar refractivity (Wildman–Crippen MR) is 84.5 cm³/mol. The standard InChI is InChI=1S/C18H28N2/c1-4-19-17-10-13(2)9-14(3)18(17)20-11-15-7-5-6-8-16(15)12-20/h5-8,13-14,17-19H,4,9-12H2,1-3H3. The second-order valence-corrected chi connectivity index (χ2v) is 6.88. The predicted octanol–water partition coefficient (Wildman–Crippen LogP) is 3.41. The normalized spacial score (nSPS) is 34.1. The first-order valence-corrected chi connectivity index (χ1v) is 8.23. The molecule has 4 unspecified atom stereocenters. The SMILES string of the molecule is CCNC1CC(C)CC(C)C1N1Cc2ccccc2C1. The monoisotopic (exact) mass is 272 g/mol. The molecule has 1 fully saturated rings. The summed E-state index contributed by atoms with van der Waals surface area (Å²) in [4.78, 5) is 2.72. The minimum absolute atomic E-state index is 0.660. The van der Waals surface area contributed by atoms with E-state index in [2.05, 4.69) is 55.3 Å². The average Bonchev–Trinajstić information content (AvgIpc) is 2.81. The van der Waals surface area contributed by atoms with Gasteiger partial charge in [-0.15, -0.1) is 0 Å². The molecule has 2 nitrogen and oxygen atoms in total. The van der Waals surface area contributed by atoms with Crippen LogP contribution in [0.2, 0.25) is 0 Å². The van der Waals surface area contributed by atoms with Gasteiger partial charge in [0.25, 0.3) is 0 Å². The summed E-state index contributed by atoms with van der Waals surface area (Å²) >= 11 is 0. The molecule has 1 saturated carbocycles. The lowest BCUT2D eigenvalue weighted by Gasteiger charge is -2.44. The molecule has 110 valence electrons. The Hall–Kier alpha value is -0.860. The largest absolute Gasteiger partial charge is 0.313 e. The summed E-state index contributed by atoms with van der Waals surface area (Å²) in [6, 6.07) is 10.3. The lowest BCUT2D eigenvalue weighted by atomic mass is 9.76. The minimum Gasteiger partial charge on any atom is -0.313 e. The van der Waals surface area contributed by atoms with Crippen molar-refractivity contribution < 1.29 is 0 Å². The van der Waals surface area contributed by atoms with Crippen LogP contribution in [0.3, 0.4) is 0 Å². The van der Waals surface area contributed by atoms with Crippen molar-refractivity contribution in [3.63, 3.8) is 0 Å². The number of benzene rings is 1. The zero-order valence-electron chi connectivity index (χ0n) is 13.1. The number of hydrogen-bond acceptors (Lipinski definition) is 2. The maximum absolute atomic E-state index is 3.76. The smallest absolute Gasteiger partial charge is 0.0282 e. The fourth-order valence-corrected chi connectivity index (χ4v) is 4.49. The molecule has 1 aromatic carbocycles. The lowest BCUT2D eigenvalue weighted by molar-refractivity contribution is 0.0595. The fourth-order valence-electron chi connectivity index (χ4n) is 4.49. The third-order valence-electron chi connectivity index (χ3n) is 5.18. The Bertz CT molecular complexity index is 431. The molecule has 1 heterocycles. The molecule has 0 spiro atoms. The number of nitrogens with one attached hydrogen (secondary N) is 1. The first-order valence-electron chi connectivity index (χ1n) is 8.23. The second-order valence-electron chi connectivity index (χ2n) is 6.88. The van der Waals surface area contributed by atoms with Gasteiger partial charge in [-0.1, -0.05) is 45.0 Å². The summed E-state index contributed by atoms with van der Waals surface area (Å²) in [6.45, 7) is 10.5. The Balaban J connectivity index is 1.78. The summed E-state index contributed by atoms with van der Waals surface area (Å²) in [5.41, 5.74) is 3.07. The van der Waals surface area contributed by atoms with Gasteiger partial charge in [-0.2, -0.15) is 0 Å². The molecule has 1 aliphatic carbocycles. The molecular formula is C18H28N2. The molecule has 1 N–H and O–H groups in total. The van der Waals surface area contributed by atoms with E-state index in [0.717, 1.165) is 31.5 Å². The molecule has 0 aromatic heterocycles. The van der Waals surface area contributed by atoms with Crippen molar-refractivity contribution in [1.82, 2.24) is 10.2 Å². The third-order valence-corrected chi connectivity index (χ3v) is 5.18. The van der Waals surface area contributed by atoms with Gasteiger partial charge in [0.15, 0.2) is 0 Å². The van der Waals surface area contributed by atoms with Crippen LogP contribution in [-0.2, 0) is 13.1 Å². The van der Waals surface area contributed by atoms with E-state index in [1.165, 1.54) is 24.0 Å². The topological polar surface area (TPSA) is 15.3 Å². The van der Waals surface area contributed by atoms with E-state index in [9.17, 15) is 0 Å². The maximum atomic E-state index is 3.76. The highest BCUT2D eigenvalue weighted by atomic mass is 15.2. The molecule has 1 aromatic rings. The first-order chi connectivity index (χ1) is 9.69. The highest BCUT2D eigenvalue weighted by Crippen LogP contribution is 2.36. The Morgan fingerprint density at radius 2 is 1.75 bits per heavy atom. The van der Waals surface area contributed by atoms with Crippen LogP contribution in [0.25, 0.3) is 0 Å². The average molecular weight is 272 g/mol. The summed E-state index contributed by atoms with van der Waals surface area (Å²) in [7, 11) is 0. The Morgan fingerprint density at radius 3 is 2.35 bits per heavy atom. The zero-order chi connectivity index (χ0) is 14.1.